The third-order valence-electron chi connectivity index (χ3n) is 5.02. The van der Waals surface area contributed by atoms with Crippen molar-refractivity contribution >= 4 is 6.03 Å². The number of amides is 2. The van der Waals surface area contributed by atoms with E-state index in [0.717, 1.165) is 49.5 Å². The number of nitrogens with zero attached hydrogens (tertiary/aromatic N) is 2. The van der Waals surface area contributed by atoms with Crippen LogP contribution in [0.2, 0.25) is 0 Å². The van der Waals surface area contributed by atoms with Gasteiger partial charge in [-0.15, -0.1) is 0 Å². The predicted octanol–water partition coefficient (Wildman–Crippen LogP) is 3.07. The molecule has 26 heavy (non-hydrogen) atoms. The van der Waals surface area contributed by atoms with Crippen LogP contribution in [-0.4, -0.2) is 54.8 Å². The molecule has 6 nitrogen and oxygen atoms in total. The van der Waals surface area contributed by atoms with Gasteiger partial charge in [0.05, 0.1) is 0 Å². The molecule has 2 heterocycles. The molecule has 6 heteroatoms. The highest BCUT2D eigenvalue weighted by Gasteiger charge is 2.23. The Morgan fingerprint density at radius 2 is 2.00 bits per heavy atom. The molecular formula is C20H31N3O3. The van der Waals surface area contributed by atoms with Crippen molar-refractivity contribution in [2.45, 2.75) is 46.2 Å². The van der Waals surface area contributed by atoms with Gasteiger partial charge < -0.3 is 24.6 Å². The Bertz CT molecular complexity index is 612. The van der Waals surface area contributed by atoms with Crippen LogP contribution in [0.4, 0.5) is 4.79 Å². The molecule has 2 amide bonds. The second-order valence-electron chi connectivity index (χ2n) is 7.62. The van der Waals surface area contributed by atoms with Crippen molar-refractivity contribution in [3.05, 3.63) is 23.8 Å². The first-order chi connectivity index (χ1) is 12.5. The highest BCUT2D eigenvalue weighted by atomic mass is 16.7. The average Bonchev–Trinajstić information content (AvgIpc) is 3.08. The van der Waals surface area contributed by atoms with Gasteiger partial charge in [0.2, 0.25) is 6.79 Å². The van der Waals surface area contributed by atoms with E-state index in [1.54, 1.807) is 0 Å². The number of carbonyl (C=O) groups is 1. The molecule has 1 aromatic carbocycles. The second-order valence-corrected chi connectivity index (χ2v) is 7.62. The van der Waals surface area contributed by atoms with Gasteiger partial charge in [-0.05, 0) is 43.4 Å². The number of fused-ring (bicyclic) bond motifs is 1. The minimum absolute atomic E-state index is 0.0208. The summed E-state index contributed by atoms with van der Waals surface area (Å²) in [5.41, 5.74) is 1.05. The van der Waals surface area contributed by atoms with E-state index in [9.17, 15) is 4.79 Å². The van der Waals surface area contributed by atoms with Gasteiger partial charge in [-0.3, -0.25) is 0 Å². The first-order valence-electron chi connectivity index (χ1n) is 9.71. The lowest BCUT2D eigenvalue weighted by Gasteiger charge is -2.34. The lowest BCUT2D eigenvalue weighted by Crippen LogP contribution is -2.49. The Morgan fingerprint density at radius 1 is 1.27 bits per heavy atom. The molecule has 3 rings (SSSR count). The molecule has 2 aliphatic heterocycles. The maximum Gasteiger partial charge on any atom is 0.317 e. The summed E-state index contributed by atoms with van der Waals surface area (Å²) in [5, 5.41) is 3.22. The number of hydrogen-bond acceptors (Lipinski definition) is 4. The zero-order valence-electron chi connectivity index (χ0n) is 16.2. The summed E-state index contributed by atoms with van der Waals surface area (Å²) in [6.07, 6.45) is 2.06. The Hall–Kier alpha value is -1.95. The van der Waals surface area contributed by atoms with Crippen LogP contribution in [0.5, 0.6) is 11.5 Å². The number of hydrogen-bond donors (Lipinski definition) is 1. The number of nitrogens with one attached hydrogen (secondary N) is 1. The summed E-state index contributed by atoms with van der Waals surface area (Å²) in [6, 6.07) is 6.16. The molecule has 0 atom stereocenters. The first kappa shape index (κ1) is 18.8. The lowest BCUT2D eigenvalue weighted by atomic mass is 10.0. The summed E-state index contributed by atoms with van der Waals surface area (Å²) in [4.78, 5) is 17.0. The standard InChI is InChI=1S/C20H31N3O3/c1-4-23(13-16-5-6-18-19(11-16)26-14-25-18)20(24)21-17-7-9-22(10-8-17)12-15(2)3/h5-6,11,15,17H,4,7-10,12-14H2,1-3H3,(H,21,24). The summed E-state index contributed by atoms with van der Waals surface area (Å²) in [5.74, 6) is 2.23. The molecular weight excluding hydrogens is 330 g/mol. The molecule has 144 valence electrons. The molecule has 0 unspecified atom stereocenters. The van der Waals surface area contributed by atoms with E-state index in [2.05, 4.69) is 24.1 Å². The quantitative estimate of drug-likeness (QED) is 0.846. The number of piperidine rings is 1. The van der Waals surface area contributed by atoms with Gasteiger partial charge in [0.25, 0.3) is 0 Å². The van der Waals surface area contributed by atoms with Crippen molar-refractivity contribution in [2.75, 3.05) is 33.0 Å². The summed E-state index contributed by atoms with van der Waals surface area (Å²) < 4.78 is 10.8. The fourth-order valence-corrected chi connectivity index (χ4v) is 3.63. The fourth-order valence-electron chi connectivity index (χ4n) is 3.63. The molecule has 0 spiro atoms. The van der Waals surface area contributed by atoms with E-state index in [1.807, 2.05) is 30.0 Å². The number of urea groups is 1. The highest BCUT2D eigenvalue weighted by molar-refractivity contribution is 5.74. The SMILES string of the molecule is CCN(Cc1ccc2c(c1)OCO2)C(=O)NC1CCN(CC(C)C)CC1. The number of likely N-dealkylation sites (tertiary alicyclic amines) is 1. The largest absolute Gasteiger partial charge is 0.454 e. The summed E-state index contributed by atoms with van der Waals surface area (Å²) in [7, 11) is 0. The van der Waals surface area contributed by atoms with Crippen LogP contribution >= 0.6 is 0 Å². The van der Waals surface area contributed by atoms with Crippen molar-refractivity contribution < 1.29 is 14.3 Å². The van der Waals surface area contributed by atoms with E-state index in [4.69, 9.17) is 9.47 Å². The molecule has 0 aliphatic carbocycles. The molecule has 0 radical (unpaired) electrons. The van der Waals surface area contributed by atoms with Crippen molar-refractivity contribution in [2.24, 2.45) is 5.92 Å². The molecule has 1 N–H and O–H groups in total. The van der Waals surface area contributed by atoms with Crippen LogP contribution in [-0.2, 0) is 6.54 Å². The Balaban J connectivity index is 1.50. The smallest absolute Gasteiger partial charge is 0.317 e. The molecule has 0 bridgehead atoms. The monoisotopic (exact) mass is 361 g/mol. The average molecular weight is 361 g/mol. The van der Waals surface area contributed by atoms with E-state index < -0.39 is 0 Å². The maximum absolute atomic E-state index is 12.7. The van der Waals surface area contributed by atoms with Crippen molar-refractivity contribution in [1.82, 2.24) is 15.1 Å². The van der Waals surface area contributed by atoms with Gasteiger partial charge in [-0.1, -0.05) is 19.9 Å². The Morgan fingerprint density at radius 3 is 2.69 bits per heavy atom. The maximum atomic E-state index is 12.7. The zero-order valence-corrected chi connectivity index (χ0v) is 16.2. The van der Waals surface area contributed by atoms with E-state index >= 15 is 0 Å². The van der Waals surface area contributed by atoms with Crippen LogP contribution < -0.4 is 14.8 Å². The number of carbonyl (C=O) groups excluding carboxylic acids is 1. The van der Waals surface area contributed by atoms with Crippen molar-refractivity contribution in [1.29, 1.82) is 0 Å². The normalized spacial score (nSPS) is 17.5. The molecule has 2 aliphatic rings. The van der Waals surface area contributed by atoms with Crippen molar-refractivity contribution in [3.8, 4) is 11.5 Å². The minimum atomic E-state index is 0.0208. The number of ether oxygens (including phenoxy) is 2. The molecule has 1 saturated heterocycles. The van der Waals surface area contributed by atoms with Crippen LogP contribution in [0.25, 0.3) is 0 Å². The van der Waals surface area contributed by atoms with Crippen LogP contribution in [0.3, 0.4) is 0 Å². The van der Waals surface area contributed by atoms with Gasteiger partial charge >= 0.3 is 6.03 Å². The Labute approximate surface area is 156 Å². The van der Waals surface area contributed by atoms with Crippen LogP contribution in [0.15, 0.2) is 18.2 Å². The molecule has 0 saturated carbocycles. The van der Waals surface area contributed by atoms with E-state index in [-0.39, 0.29) is 18.9 Å². The van der Waals surface area contributed by atoms with Gasteiger partial charge in [0, 0.05) is 38.8 Å². The number of benzene rings is 1. The number of rotatable bonds is 6. The predicted molar refractivity (Wildman–Crippen MR) is 101 cm³/mol. The van der Waals surface area contributed by atoms with Crippen LogP contribution in [0.1, 0.15) is 39.2 Å². The van der Waals surface area contributed by atoms with Gasteiger partial charge in [0.15, 0.2) is 11.5 Å². The molecule has 1 fully saturated rings. The van der Waals surface area contributed by atoms with Gasteiger partial charge in [-0.2, -0.15) is 0 Å². The first-order valence-corrected chi connectivity index (χ1v) is 9.71. The van der Waals surface area contributed by atoms with Gasteiger partial charge in [-0.25, -0.2) is 4.79 Å². The summed E-state index contributed by atoms with van der Waals surface area (Å²) in [6.45, 7) is 11.3. The second kappa shape index (κ2) is 8.62. The van der Waals surface area contributed by atoms with E-state index in [1.165, 1.54) is 0 Å². The third-order valence-corrected chi connectivity index (χ3v) is 5.02. The zero-order chi connectivity index (χ0) is 18.5. The highest BCUT2D eigenvalue weighted by Crippen LogP contribution is 2.32. The minimum Gasteiger partial charge on any atom is -0.454 e. The summed E-state index contributed by atoms with van der Waals surface area (Å²) >= 11 is 0. The molecule has 1 aromatic rings. The fraction of sp³-hybridized carbons (Fsp3) is 0.650. The molecule has 0 aromatic heterocycles. The lowest BCUT2D eigenvalue weighted by molar-refractivity contribution is 0.164. The van der Waals surface area contributed by atoms with Gasteiger partial charge in [0.1, 0.15) is 0 Å². The Kier molecular flexibility index (Phi) is 6.25. The third kappa shape index (κ3) is 4.81. The topological polar surface area (TPSA) is 54.0 Å². The van der Waals surface area contributed by atoms with Crippen molar-refractivity contribution in [3.63, 3.8) is 0 Å². The van der Waals surface area contributed by atoms with Crippen LogP contribution in [0, 0.1) is 5.92 Å². The van der Waals surface area contributed by atoms with E-state index in [0.29, 0.717) is 19.0 Å².